The molecule has 0 saturated heterocycles. The van der Waals surface area contributed by atoms with Gasteiger partial charge < -0.3 is 10.3 Å². The summed E-state index contributed by atoms with van der Waals surface area (Å²) in [6, 6.07) is 1.50. The van der Waals surface area contributed by atoms with E-state index in [9.17, 15) is 9.18 Å². The fourth-order valence-corrected chi connectivity index (χ4v) is 1.24. The lowest BCUT2D eigenvalue weighted by Gasteiger charge is -2.07. The Morgan fingerprint density at radius 2 is 2.21 bits per heavy atom. The second-order valence-corrected chi connectivity index (χ2v) is 3.34. The Kier molecular flexibility index (Phi) is 3.68. The average Bonchev–Trinajstić information content (AvgIpc) is 2.14. The minimum Gasteiger partial charge on any atom is -0.397 e. The van der Waals surface area contributed by atoms with E-state index in [-0.39, 0.29) is 12.2 Å². The van der Waals surface area contributed by atoms with Crippen LogP contribution in [0.15, 0.2) is 17.1 Å². The van der Waals surface area contributed by atoms with Gasteiger partial charge in [-0.05, 0) is 25.3 Å². The van der Waals surface area contributed by atoms with Crippen LogP contribution >= 0.6 is 0 Å². The lowest BCUT2D eigenvalue weighted by Crippen LogP contribution is -2.20. The number of nitrogens with two attached hydrogens (primary N) is 1. The molecule has 78 valence electrons. The molecule has 0 bridgehead atoms. The first-order valence-corrected chi connectivity index (χ1v) is 4.67. The molecule has 14 heavy (non-hydrogen) atoms. The standard InChI is InChI=1S/C10H15FN2O/c1-8-6-10(14)13(7-9(8)12)5-3-2-4-11/h6-7H,2-5,12H2,1H3. The van der Waals surface area contributed by atoms with Crippen molar-refractivity contribution in [2.45, 2.75) is 26.3 Å². The number of unbranched alkanes of at least 4 members (excludes halogenated alkanes) is 1. The van der Waals surface area contributed by atoms with Crippen LogP contribution in [0.1, 0.15) is 18.4 Å². The molecule has 3 nitrogen and oxygen atoms in total. The molecule has 0 saturated carbocycles. The molecule has 0 aromatic carbocycles. The number of alkyl halides is 1. The van der Waals surface area contributed by atoms with E-state index in [1.807, 2.05) is 0 Å². The van der Waals surface area contributed by atoms with E-state index in [1.54, 1.807) is 13.1 Å². The van der Waals surface area contributed by atoms with Crippen molar-refractivity contribution in [3.63, 3.8) is 0 Å². The Bertz CT molecular complexity index is 360. The van der Waals surface area contributed by atoms with Gasteiger partial charge in [-0.1, -0.05) is 0 Å². The number of aryl methyl sites for hydroxylation is 2. The summed E-state index contributed by atoms with van der Waals surface area (Å²) in [6.07, 6.45) is 2.77. The molecule has 0 spiro atoms. The number of nitrogens with zero attached hydrogens (tertiary/aromatic N) is 1. The van der Waals surface area contributed by atoms with Crippen LogP contribution in [0.4, 0.5) is 10.1 Å². The number of nitrogen functional groups attached to an aromatic ring is 1. The van der Waals surface area contributed by atoms with Crippen molar-refractivity contribution < 1.29 is 4.39 Å². The maximum Gasteiger partial charge on any atom is 0.250 e. The molecule has 1 aromatic rings. The summed E-state index contributed by atoms with van der Waals surface area (Å²) in [5.74, 6) is 0. The van der Waals surface area contributed by atoms with Crippen LogP contribution in [-0.4, -0.2) is 11.2 Å². The SMILES string of the molecule is Cc1cc(=O)n(CCCCF)cc1N. The fraction of sp³-hybridized carbons (Fsp3) is 0.500. The molecule has 0 unspecified atom stereocenters. The lowest BCUT2D eigenvalue weighted by molar-refractivity contribution is 0.445. The van der Waals surface area contributed by atoms with Crippen LogP contribution in [-0.2, 0) is 6.54 Å². The zero-order valence-electron chi connectivity index (χ0n) is 8.29. The number of hydrogen-bond donors (Lipinski definition) is 1. The van der Waals surface area contributed by atoms with Gasteiger partial charge in [-0.25, -0.2) is 0 Å². The van der Waals surface area contributed by atoms with E-state index < -0.39 is 0 Å². The van der Waals surface area contributed by atoms with E-state index in [4.69, 9.17) is 5.73 Å². The molecule has 0 aliphatic heterocycles. The lowest BCUT2D eigenvalue weighted by atomic mass is 10.2. The van der Waals surface area contributed by atoms with Crippen molar-refractivity contribution in [2.24, 2.45) is 0 Å². The fourth-order valence-electron chi connectivity index (χ4n) is 1.24. The zero-order valence-corrected chi connectivity index (χ0v) is 8.29. The number of pyridine rings is 1. The van der Waals surface area contributed by atoms with Crippen LogP contribution in [0.25, 0.3) is 0 Å². The number of rotatable bonds is 4. The van der Waals surface area contributed by atoms with Crippen molar-refractivity contribution in [3.8, 4) is 0 Å². The third kappa shape index (κ3) is 2.58. The molecule has 1 aromatic heterocycles. The van der Waals surface area contributed by atoms with Gasteiger partial charge >= 0.3 is 0 Å². The number of anilines is 1. The first kappa shape index (κ1) is 10.8. The summed E-state index contributed by atoms with van der Waals surface area (Å²) < 4.78 is 13.4. The second kappa shape index (κ2) is 4.79. The molecule has 0 aliphatic rings. The van der Waals surface area contributed by atoms with Gasteiger partial charge in [0.05, 0.1) is 12.4 Å². The highest BCUT2D eigenvalue weighted by molar-refractivity contribution is 5.42. The molecule has 1 heterocycles. The molecule has 0 atom stereocenters. The summed E-state index contributed by atoms with van der Waals surface area (Å²) >= 11 is 0. The monoisotopic (exact) mass is 198 g/mol. The summed E-state index contributed by atoms with van der Waals surface area (Å²) in [6.45, 7) is 1.99. The first-order valence-electron chi connectivity index (χ1n) is 4.67. The van der Waals surface area contributed by atoms with Gasteiger partial charge in [0.25, 0.3) is 5.56 Å². The maximum absolute atomic E-state index is 11.8. The normalized spacial score (nSPS) is 10.4. The van der Waals surface area contributed by atoms with Gasteiger partial charge in [-0.3, -0.25) is 9.18 Å². The van der Waals surface area contributed by atoms with Crippen molar-refractivity contribution in [1.82, 2.24) is 4.57 Å². The van der Waals surface area contributed by atoms with Crippen LogP contribution in [0.5, 0.6) is 0 Å². The van der Waals surface area contributed by atoms with Crippen molar-refractivity contribution in [1.29, 1.82) is 0 Å². The van der Waals surface area contributed by atoms with Gasteiger partial charge in [0.1, 0.15) is 0 Å². The van der Waals surface area contributed by atoms with E-state index in [0.717, 1.165) is 5.56 Å². The summed E-state index contributed by atoms with van der Waals surface area (Å²) in [5, 5.41) is 0. The molecule has 0 fully saturated rings. The highest BCUT2D eigenvalue weighted by atomic mass is 19.1. The maximum atomic E-state index is 11.8. The topological polar surface area (TPSA) is 48.0 Å². The Morgan fingerprint density at radius 3 is 2.86 bits per heavy atom. The molecule has 0 amide bonds. The van der Waals surface area contributed by atoms with Gasteiger partial charge in [0.15, 0.2) is 0 Å². The van der Waals surface area contributed by atoms with Gasteiger partial charge in [0, 0.05) is 18.8 Å². The molecular weight excluding hydrogens is 183 g/mol. The number of hydrogen-bond acceptors (Lipinski definition) is 2. The molecule has 1 rings (SSSR count). The third-order valence-electron chi connectivity index (χ3n) is 2.16. The third-order valence-corrected chi connectivity index (χ3v) is 2.16. The highest BCUT2D eigenvalue weighted by Crippen LogP contribution is 2.06. The van der Waals surface area contributed by atoms with E-state index in [1.165, 1.54) is 10.6 Å². The predicted octanol–water partition coefficient (Wildman–Crippen LogP) is 1.49. The van der Waals surface area contributed by atoms with Crippen LogP contribution < -0.4 is 11.3 Å². The summed E-state index contributed by atoms with van der Waals surface area (Å²) in [5.41, 5.74) is 6.98. The zero-order chi connectivity index (χ0) is 10.6. The van der Waals surface area contributed by atoms with Crippen LogP contribution in [0.2, 0.25) is 0 Å². The second-order valence-electron chi connectivity index (χ2n) is 3.34. The molecule has 0 aliphatic carbocycles. The van der Waals surface area contributed by atoms with E-state index in [0.29, 0.717) is 25.1 Å². The van der Waals surface area contributed by atoms with Crippen LogP contribution in [0.3, 0.4) is 0 Å². The van der Waals surface area contributed by atoms with Gasteiger partial charge in [-0.15, -0.1) is 0 Å². The predicted molar refractivity (Wildman–Crippen MR) is 55.1 cm³/mol. The number of aromatic nitrogens is 1. The molecular formula is C10H15FN2O. The van der Waals surface area contributed by atoms with Crippen molar-refractivity contribution in [3.05, 3.63) is 28.2 Å². The largest absolute Gasteiger partial charge is 0.397 e. The number of halogens is 1. The van der Waals surface area contributed by atoms with E-state index in [2.05, 4.69) is 0 Å². The quantitative estimate of drug-likeness (QED) is 0.745. The first-order chi connectivity index (χ1) is 6.65. The average molecular weight is 198 g/mol. The smallest absolute Gasteiger partial charge is 0.250 e. The van der Waals surface area contributed by atoms with Crippen molar-refractivity contribution >= 4 is 5.69 Å². The summed E-state index contributed by atoms with van der Waals surface area (Å²) in [4.78, 5) is 11.4. The van der Waals surface area contributed by atoms with Crippen LogP contribution in [0, 0.1) is 6.92 Å². The van der Waals surface area contributed by atoms with Gasteiger partial charge in [-0.2, -0.15) is 0 Å². The molecule has 4 heteroatoms. The Labute approximate surface area is 82.4 Å². The van der Waals surface area contributed by atoms with Gasteiger partial charge in [0.2, 0.25) is 0 Å². The Hall–Kier alpha value is -1.32. The highest BCUT2D eigenvalue weighted by Gasteiger charge is 1.99. The minimum atomic E-state index is -0.337. The van der Waals surface area contributed by atoms with E-state index >= 15 is 0 Å². The Balaban J connectivity index is 2.77. The summed E-state index contributed by atoms with van der Waals surface area (Å²) in [7, 11) is 0. The molecule has 0 radical (unpaired) electrons. The Morgan fingerprint density at radius 1 is 1.50 bits per heavy atom. The molecule has 2 N–H and O–H groups in total. The van der Waals surface area contributed by atoms with Crippen molar-refractivity contribution in [2.75, 3.05) is 12.4 Å². The minimum absolute atomic E-state index is 0.0736.